The Morgan fingerprint density at radius 2 is 2.23 bits per heavy atom. The van der Waals surface area contributed by atoms with Gasteiger partial charge in [-0.05, 0) is 31.5 Å². The molecule has 1 aromatic rings. The molecule has 3 N–H and O–H groups in total. The Labute approximate surface area is 134 Å². The molecule has 0 spiro atoms. The second kappa shape index (κ2) is 6.98. The van der Waals surface area contributed by atoms with Gasteiger partial charge in [-0.15, -0.1) is 0 Å². The van der Waals surface area contributed by atoms with Gasteiger partial charge in [0.25, 0.3) is 5.91 Å². The highest BCUT2D eigenvalue weighted by atomic mass is 35.5. The van der Waals surface area contributed by atoms with E-state index in [0.29, 0.717) is 35.8 Å². The molecule has 0 radical (unpaired) electrons. The highest BCUT2D eigenvalue weighted by Gasteiger charge is 2.39. The average molecular weight is 326 g/mol. The van der Waals surface area contributed by atoms with Gasteiger partial charge in [0.15, 0.2) is 0 Å². The molecule has 1 heterocycles. The first-order chi connectivity index (χ1) is 10.5. The van der Waals surface area contributed by atoms with Crippen molar-refractivity contribution in [2.45, 2.75) is 25.4 Å². The van der Waals surface area contributed by atoms with Crippen molar-refractivity contribution in [1.82, 2.24) is 10.2 Å². The van der Waals surface area contributed by atoms with Gasteiger partial charge in [-0.25, -0.2) is 0 Å². The molecule has 2 amide bonds. The largest absolute Gasteiger partial charge is 0.496 e. The first-order valence-corrected chi connectivity index (χ1v) is 7.53. The van der Waals surface area contributed by atoms with Crippen LogP contribution in [0.25, 0.3) is 0 Å². The number of amides is 2. The topological polar surface area (TPSA) is 84.7 Å². The number of nitrogens with two attached hydrogens (primary N) is 1. The third-order valence-electron chi connectivity index (χ3n) is 3.64. The predicted molar refractivity (Wildman–Crippen MR) is 84.1 cm³/mol. The summed E-state index contributed by atoms with van der Waals surface area (Å²) in [5, 5.41) is 3.17. The monoisotopic (exact) mass is 325 g/mol. The molecule has 0 unspecified atom stereocenters. The number of halogens is 1. The quantitative estimate of drug-likeness (QED) is 0.866. The lowest BCUT2D eigenvalue weighted by Crippen LogP contribution is -2.46. The standard InChI is InChI=1S/C15H20ClN3O3/c1-3-18-14(20)12-7-10(17)8-19(12)15(21)11-6-9(16)4-5-13(11)22-2/h4-6,10,12H,3,7-8,17H2,1-2H3,(H,18,20)/t10-,12-/m0/s1. The van der Waals surface area contributed by atoms with Crippen LogP contribution in [0.1, 0.15) is 23.7 Å². The maximum Gasteiger partial charge on any atom is 0.258 e. The molecule has 1 saturated heterocycles. The molecule has 2 rings (SSSR count). The molecule has 0 aliphatic carbocycles. The number of hydrogen-bond acceptors (Lipinski definition) is 4. The van der Waals surface area contributed by atoms with Gasteiger partial charge in [-0.3, -0.25) is 9.59 Å². The summed E-state index contributed by atoms with van der Waals surface area (Å²) >= 11 is 5.97. The van der Waals surface area contributed by atoms with Crippen LogP contribution in [0.5, 0.6) is 5.75 Å². The van der Waals surface area contributed by atoms with Crippen molar-refractivity contribution in [2.24, 2.45) is 5.73 Å². The Balaban J connectivity index is 2.30. The molecule has 22 heavy (non-hydrogen) atoms. The van der Waals surface area contributed by atoms with E-state index in [1.807, 2.05) is 6.92 Å². The first-order valence-electron chi connectivity index (χ1n) is 7.15. The number of carbonyl (C=O) groups is 2. The minimum absolute atomic E-state index is 0.190. The predicted octanol–water partition coefficient (Wildman–Crippen LogP) is 1.03. The summed E-state index contributed by atoms with van der Waals surface area (Å²) in [6.45, 7) is 2.67. The lowest BCUT2D eigenvalue weighted by molar-refractivity contribution is -0.124. The number of likely N-dealkylation sites (tertiary alicyclic amines) is 1. The Bertz CT molecular complexity index is 579. The summed E-state index contributed by atoms with van der Waals surface area (Å²) in [5.74, 6) is -0.0714. The van der Waals surface area contributed by atoms with Crippen molar-refractivity contribution < 1.29 is 14.3 Å². The van der Waals surface area contributed by atoms with Gasteiger partial charge in [0.1, 0.15) is 11.8 Å². The molecule has 6 nitrogen and oxygen atoms in total. The third-order valence-corrected chi connectivity index (χ3v) is 3.87. The van der Waals surface area contributed by atoms with Crippen molar-refractivity contribution in [3.05, 3.63) is 28.8 Å². The molecule has 1 aromatic carbocycles. The zero-order valence-electron chi connectivity index (χ0n) is 12.6. The fourth-order valence-corrected chi connectivity index (χ4v) is 2.81. The van der Waals surface area contributed by atoms with Gasteiger partial charge in [0.05, 0.1) is 12.7 Å². The molecule has 2 atom stereocenters. The van der Waals surface area contributed by atoms with E-state index in [9.17, 15) is 9.59 Å². The van der Waals surface area contributed by atoms with E-state index in [-0.39, 0.29) is 17.9 Å². The van der Waals surface area contributed by atoms with Gasteiger partial charge >= 0.3 is 0 Å². The maximum absolute atomic E-state index is 12.8. The number of carbonyl (C=O) groups excluding carboxylic acids is 2. The summed E-state index contributed by atoms with van der Waals surface area (Å²) in [5.41, 5.74) is 6.27. The van der Waals surface area contributed by atoms with E-state index in [1.54, 1.807) is 18.2 Å². The summed E-state index contributed by atoms with van der Waals surface area (Å²) in [7, 11) is 1.48. The van der Waals surface area contributed by atoms with E-state index >= 15 is 0 Å². The van der Waals surface area contributed by atoms with Crippen LogP contribution < -0.4 is 15.8 Å². The molecule has 0 saturated carbocycles. The van der Waals surface area contributed by atoms with Crippen molar-refractivity contribution in [3.8, 4) is 5.75 Å². The normalized spacial score (nSPS) is 20.8. The highest BCUT2D eigenvalue weighted by molar-refractivity contribution is 6.31. The number of rotatable bonds is 4. The molecular formula is C15H20ClN3O3. The van der Waals surface area contributed by atoms with Crippen LogP contribution in [0.2, 0.25) is 5.02 Å². The number of methoxy groups -OCH3 is 1. The third kappa shape index (κ3) is 3.34. The number of benzene rings is 1. The van der Waals surface area contributed by atoms with Crippen molar-refractivity contribution in [1.29, 1.82) is 0 Å². The zero-order valence-corrected chi connectivity index (χ0v) is 13.4. The molecule has 0 bridgehead atoms. The summed E-state index contributed by atoms with van der Waals surface area (Å²) in [4.78, 5) is 26.4. The Kier molecular flexibility index (Phi) is 5.26. The smallest absolute Gasteiger partial charge is 0.258 e. The minimum atomic E-state index is -0.564. The van der Waals surface area contributed by atoms with Gasteiger partial charge in [-0.2, -0.15) is 0 Å². The van der Waals surface area contributed by atoms with E-state index in [4.69, 9.17) is 22.1 Å². The van der Waals surface area contributed by atoms with Gasteiger partial charge < -0.3 is 20.7 Å². The summed E-state index contributed by atoms with van der Waals surface area (Å²) in [6, 6.07) is 4.04. The molecular weight excluding hydrogens is 306 g/mol. The van der Waals surface area contributed by atoms with E-state index in [1.165, 1.54) is 12.0 Å². The maximum atomic E-state index is 12.8. The molecule has 1 fully saturated rings. The van der Waals surface area contributed by atoms with Crippen LogP contribution >= 0.6 is 11.6 Å². The number of hydrogen-bond donors (Lipinski definition) is 2. The van der Waals surface area contributed by atoms with Gasteiger partial charge in [-0.1, -0.05) is 11.6 Å². The number of ether oxygens (including phenoxy) is 1. The first kappa shape index (κ1) is 16.6. The summed E-state index contributed by atoms with van der Waals surface area (Å²) < 4.78 is 5.21. The fraction of sp³-hybridized carbons (Fsp3) is 0.467. The van der Waals surface area contributed by atoms with Crippen LogP contribution in [0, 0.1) is 0 Å². The minimum Gasteiger partial charge on any atom is -0.496 e. The summed E-state index contributed by atoms with van der Waals surface area (Å²) in [6.07, 6.45) is 0.445. The Morgan fingerprint density at radius 1 is 1.50 bits per heavy atom. The Hall–Kier alpha value is -1.79. The van der Waals surface area contributed by atoms with E-state index < -0.39 is 6.04 Å². The molecule has 1 aliphatic rings. The molecule has 0 aromatic heterocycles. The lowest BCUT2D eigenvalue weighted by Gasteiger charge is -2.24. The number of nitrogens with zero attached hydrogens (tertiary/aromatic N) is 1. The number of likely N-dealkylation sites (N-methyl/N-ethyl adjacent to an activating group) is 1. The molecule has 120 valence electrons. The average Bonchev–Trinajstić information content (AvgIpc) is 2.88. The van der Waals surface area contributed by atoms with Crippen LogP contribution in [0.3, 0.4) is 0 Å². The van der Waals surface area contributed by atoms with Crippen molar-refractivity contribution >= 4 is 23.4 Å². The van der Waals surface area contributed by atoms with Crippen LogP contribution in [0.4, 0.5) is 0 Å². The van der Waals surface area contributed by atoms with E-state index in [2.05, 4.69) is 5.32 Å². The highest BCUT2D eigenvalue weighted by Crippen LogP contribution is 2.27. The molecule has 1 aliphatic heterocycles. The second-order valence-corrected chi connectivity index (χ2v) is 5.64. The van der Waals surface area contributed by atoms with Crippen LogP contribution in [0.15, 0.2) is 18.2 Å². The molecule has 7 heteroatoms. The second-order valence-electron chi connectivity index (χ2n) is 5.21. The van der Waals surface area contributed by atoms with E-state index in [0.717, 1.165) is 0 Å². The lowest BCUT2D eigenvalue weighted by atomic mass is 10.1. The van der Waals surface area contributed by atoms with Gasteiger partial charge in [0.2, 0.25) is 5.91 Å². The van der Waals surface area contributed by atoms with Crippen LogP contribution in [-0.2, 0) is 4.79 Å². The number of nitrogens with one attached hydrogen (secondary N) is 1. The fourth-order valence-electron chi connectivity index (χ4n) is 2.64. The Morgan fingerprint density at radius 3 is 2.86 bits per heavy atom. The zero-order chi connectivity index (χ0) is 16.3. The van der Waals surface area contributed by atoms with Crippen molar-refractivity contribution in [2.75, 3.05) is 20.2 Å². The van der Waals surface area contributed by atoms with Crippen LogP contribution in [-0.4, -0.2) is 49.0 Å². The van der Waals surface area contributed by atoms with Crippen molar-refractivity contribution in [3.63, 3.8) is 0 Å². The SMILES string of the molecule is CCNC(=O)[C@@H]1C[C@H](N)CN1C(=O)c1cc(Cl)ccc1OC. The van der Waals surface area contributed by atoms with Gasteiger partial charge in [0, 0.05) is 24.2 Å².